The molecule has 0 saturated heterocycles. The Bertz CT molecular complexity index is 1110. The number of esters is 1. The molecule has 1 heterocycles. The van der Waals surface area contributed by atoms with Gasteiger partial charge in [-0.15, -0.1) is 0 Å². The molecule has 0 aromatic heterocycles. The molecule has 0 aliphatic carbocycles. The minimum absolute atomic E-state index is 0.0137. The van der Waals surface area contributed by atoms with Crippen LogP contribution in [0.1, 0.15) is 51.9 Å². The smallest absolute Gasteiger partial charge is 0.306 e. The van der Waals surface area contributed by atoms with Gasteiger partial charge in [0.05, 0.1) is 20.1 Å². The maximum absolute atomic E-state index is 13.1. The third kappa shape index (κ3) is 5.08. The number of benzene rings is 3. The lowest BCUT2D eigenvalue weighted by molar-refractivity contribution is -0.143. The number of hydrogen-bond donors (Lipinski definition) is 0. The van der Waals surface area contributed by atoms with Gasteiger partial charge < -0.3 is 14.4 Å². The molecular weight excluding hydrogens is 414 g/mol. The van der Waals surface area contributed by atoms with Gasteiger partial charge in [0.25, 0.3) is 5.91 Å². The van der Waals surface area contributed by atoms with Crippen molar-refractivity contribution in [2.75, 3.05) is 20.3 Å². The number of hydrogen-bond acceptors (Lipinski definition) is 4. The number of carbonyl (C=O) groups excluding carboxylic acids is 2. The van der Waals surface area contributed by atoms with Crippen LogP contribution < -0.4 is 4.74 Å². The van der Waals surface area contributed by atoms with E-state index in [0.717, 1.165) is 28.9 Å². The van der Waals surface area contributed by atoms with Gasteiger partial charge in [-0.2, -0.15) is 0 Å². The minimum Gasteiger partial charge on any atom is -0.497 e. The number of ether oxygens (including phenoxy) is 2. The first-order valence-corrected chi connectivity index (χ1v) is 11.3. The summed E-state index contributed by atoms with van der Waals surface area (Å²) in [6, 6.07) is 23.5. The molecule has 1 atom stereocenters. The summed E-state index contributed by atoms with van der Waals surface area (Å²) < 4.78 is 10.5. The lowest BCUT2D eigenvalue weighted by Crippen LogP contribution is -2.36. The molecule has 1 unspecified atom stereocenters. The normalized spacial score (nSPS) is 13.7. The molecular formula is C28H29NO4. The molecule has 0 N–H and O–H groups in total. The van der Waals surface area contributed by atoms with Gasteiger partial charge in [-0.3, -0.25) is 9.59 Å². The molecule has 0 radical (unpaired) electrons. The highest BCUT2D eigenvalue weighted by Crippen LogP contribution is 2.35. The highest BCUT2D eigenvalue weighted by molar-refractivity contribution is 5.94. The zero-order valence-electron chi connectivity index (χ0n) is 19.1. The quantitative estimate of drug-likeness (QED) is 0.484. The monoisotopic (exact) mass is 443 g/mol. The van der Waals surface area contributed by atoms with E-state index in [0.29, 0.717) is 31.7 Å². The van der Waals surface area contributed by atoms with Crippen molar-refractivity contribution < 1.29 is 19.1 Å². The fourth-order valence-corrected chi connectivity index (χ4v) is 4.53. The fourth-order valence-electron chi connectivity index (χ4n) is 4.53. The second kappa shape index (κ2) is 10.3. The average Bonchev–Trinajstić information content (AvgIpc) is 2.87. The summed E-state index contributed by atoms with van der Waals surface area (Å²) in [6.45, 7) is 3.38. The molecule has 0 saturated carbocycles. The third-order valence-corrected chi connectivity index (χ3v) is 6.18. The van der Waals surface area contributed by atoms with Crippen molar-refractivity contribution in [3.05, 3.63) is 101 Å². The van der Waals surface area contributed by atoms with E-state index in [1.54, 1.807) is 19.2 Å². The summed E-state index contributed by atoms with van der Waals surface area (Å²) in [5, 5.41) is 0. The molecule has 1 amide bonds. The molecule has 33 heavy (non-hydrogen) atoms. The number of nitrogens with zero attached hydrogens (tertiary/aromatic N) is 1. The zero-order chi connectivity index (χ0) is 23.2. The molecule has 0 spiro atoms. The molecule has 5 nitrogen and oxygen atoms in total. The molecule has 170 valence electrons. The SMILES string of the molecule is CCOC(=O)CC(c1ccccc1)c1cccc2c1CCN(C(=O)c1ccc(OC)cc1)C2. The second-order valence-corrected chi connectivity index (χ2v) is 8.16. The van der Waals surface area contributed by atoms with Gasteiger partial charge >= 0.3 is 5.97 Å². The summed E-state index contributed by atoms with van der Waals surface area (Å²) in [5.74, 6) is 0.466. The summed E-state index contributed by atoms with van der Waals surface area (Å²) in [5.41, 5.74) is 5.25. The first-order chi connectivity index (χ1) is 16.1. The van der Waals surface area contributed by atoms with E-state index in [9.17, 15) is 9.59 Å². The third-order valence-electron chi connectivity index (χ3n) is 6.18. The maximum Gasteiger partial charge on any atom is 0.306 e. The Kier molecular flexibility index (Phi) is 7.08. The van der Waals surface area contributed by atoms with E-state index in [2.05, 4.69) is 24.3 Å². The Hall–Kier alpha value is -3.60. The van der Waals surface area contributed by atoms with Crippen molar-refractivity contribution in [3.63, 3.8) is 0 Å². The van der Waals surface area contributed by atoms with E-state index in [1.807, 2.05) is 48.2 Å². The van der Waals surface area contributed by atoms with Crippen LogP contribution >= 0.6 is 0 Å². The van der Waals surface area contributed by atoms with E-state index < -0.39 is 0 Å². The van der Waals surface area contributed by atoms with Crippen molar-refractivity contribution in [3.8, 4) is 5.75 Å². The second-order valence-electron chi connectivity index (χ2n) is 8.16. The Morgan fingerprint density at radius 2 is 1.73 bits per heavy atom. The lowest BCUT2D eigenvalue weighted by atomic mass is 9.82. The summed E-state index contributed by atoms with van der Waals surface area (Å²) in [4.78, 5) is 27.4. The standard InChI is InChI=1S/C28H29NO4/c1-3-33-27(30)18-26(20-8-5-4-6-9-20)25-11-7-10-22-19-29(17-16-24(22)25)28(31)21-12-14-23(32-2)15-13-21/h4-15,26H,3,16-19H2,1-2H3. The highest BCUT2D eigenvalue weighted by Gasteiger charge is 2.27. The van der Waals surface area contributed by atoms with Crippen LogP contribution in [-0.4, -0.2) is 37.0 Å². The summed E-state index contributed by atoms with van der Waals surface area (Å²) in [7, 11) is 1.61. The number of rotatable bonds is 7. The Balaban J connectivity index is 1.61. The van der Waals surface area contributed by atoms with Crippen LogP contribution in [0.3, 0.4) is 0 Å². The number of amides is 1. The first-order valence-electron chi connectivity index (χ1n) is 11.3. The van der Waals surface area contributed by atoms with Crippen molar-refractivity contribution in [2.24, 2.45) is 0 Å². The fraction of sp³-hybridized carbons (Fsp3) is 0.286. The van der Waals surface area contributed by atoms with E-state index in [4.69, 9.17) is 9.47 Å². The van der Waals surface area contributed by atoms with E-state index in [-0.39, 0.29) is 17.8 Å². The van der Waals surface area contributed by atoms with Gasteiger partial charge in [0.15, 0.2) is 0 Å². The van der Waals surface area contributed by atoms with Gasteiger partial charge in [0.2, 0.25) is 0 Å². The molecule has 0 fully saturated rings. The minimum atomic E-state index is -0.198. The van der Waals surface area contributed by atoms with E-state index in [1.165, 1.54) is 5.56 Å². The molecule has 4 rings (SSSR count). The number of carbonyl (C=O) groups is 2. The van der Waals surface area contributed by atoms with Crippen LogP contribution in [0.2, 0.25) is 0 Å². The largest absolute Gasteiger partial charge is 0.497 e. The molecule has 1 aliphatic rings. The topological polar surface area (TPSA) is 55.8 Å². The van der Waals surface area contributed by atoms with Crippen LogP contribution in [0, 0.1) is 0 Å². The van der Waals surface area contributed by atoms with Gasteiger partial charge in [-0.1, -0.05) is 48.5 Å². The lowest BCUT2D eigenvalue weighted by Gasteiger charge is -2.32. The van der Waals surface area contributed by atoms with Gasteiger partial charge in [-0.05, 0) is 59.9 Å². The maximum atomic E-state index is 13.1. The first kappa shape index (κ1) is 22.6. The Morgan fingerprint density at radius 1 is 0.970 bits per heavy atom. The highest BCUT2D eigenvalue weighted by atomic mass is 16.5. The predicted molar refractivity (Wildman–Crippen MR) is 127 cm³/mol. The number of methoxy groups -OCH3 is 1. The van der Waals surface area contributed by atoms with Crippen molar-refractivity contribution in [2.45, 2.75) is 32.2 Å². The van der Waals surface area contributed by atoms with Crippen molar-refractivity contribution in [1.82, 2.24) is 4.90 Å². The van der Waals surface area contributed by atoms with Crippen LogP contribution in [0.15, 0.2) is 72.8 Å². The Labute approximate surface area is 194 Å². The molecule has 1 aliphatic heterocycles. The number of fused-ring (bicyclic) bond motifs is 1. The van der Waals surface area contributed by atoms with Gasteiger partial charge in [0, 0.05) is 24.6 Å². The van der Waals surface area contributed by atoms with Crippen LogP contribution in [0.4, 0.5) is 0 Å². The average molecular weight is 444 g/mol. The van der Waals surface area contributed by atoms with Gasteiger partial charge in [-0.25, -0.2) is 0 Å². The predicted octanol–water partition coefficient (Wildman–Crippen LogP) is 4.98. The van der Waals surface area contributed by atoms with E-state index >= 15 is 0 Å². The van der Waals surface area contributed by atoms with Gasteiger partial charge in [0.1, 0.15) is 5.75 Å². The summed E-state index contributed by atoms with van der Waals surface area (Å²) >= 11 is 0. The summed E-state index contributed by atoms with van der Waals surface area (Å²) in [6.07, 6.45) is 1.04. The molecule has 3 aromatic rings. The Morgan fingerprint density at radius 3 is 2.42 bits per heavy atom. The molecule has 0 bridgehead atoms. The van der Waals surface area contributed by atoms with Crippen molar-refractivity contribution >= 4 is 11.9 Å². The van der Waals surface area contributed by atoms with Crippen LogP contribution in [0.25, 0.3) is 0 Å². The molecule has 3 aromatic carbocycles. The zero-order valence-corrected chi connectivity index (χ0v) is 19.1. The van der Waals surface area contributed by atoms with Crippen LogP contribution in [0.5, 0.6) is 5.75 Å². The molecule has 5 heteroatoms. The van der Waals surface area contributed by atoms with Crippen LogP contribution in [-0.2, 0) is 22.5 Å². The van der Waals surface area contributed by atoms with Crippen molar-refractivity contribution in [1.29, 1.82) is 0 Å².